The Morgan fingerprint density at radius 2 is 1.87 bits per heavy atom. The average molecular weight is 405 g/mol. The molecule has 7 heteroatoms. The third-order valence-electron chi connectivity index (χ3n) is 5.47. The van der Waals surface area contributed by atoms with E-state index in [0.29, 0.717) is 30.8 Å². The molecule has 0 saturated carbocycles. The third-order valence-corrected chi connectivity index (χ3v) is 5.47. The molecule has 1 aliphatic heterocycles. The van der Waals surface area contributed by atoms with E-state index in [0.717, 1.165) is 5.56 Å². The van der Waals surface area contributed by atoms with Gasteiger partial charge in [-0.1, -0.05) is 24.3 Å². The monoisotopic (exact) mass is 405 g/mol. The maximum atomic E-state index is 13.0. The predicted octanol–water partition coefficient (Wildman–Crippen LogP) is 2.92. The number of aryl methyl sites for hydroxylation is 1. The number of hydrogen-bond acceptors (Lipinski definition) is 5. The van der Waals surface area contributed by atoms with Crippen molar-refractivity contribution in [1.29, 1.82) is 0 Å². The van der Waals surface area contributed by atoms with Gasteiger partial charge in [0, 0.05) is 25.5 Å². The summed E-state index contributed by atoms with van der Waals surface area (Å²) in [6.07, 6.45) is 6.00. The lowest BCUT2D eigenvalue weighted by atomic mass is 9.86. The lowest BCUT2D eigenvalue weighted by Crippen LogP contribution is -2.31. The molecule has 1 aliphatic rings. The second kappa shape index (κ2) is 8.41. The summed E-state index contributed by atoms with van der Waals surface area (Å²) >= 11 is 0. The van der Waals surface area contributed by atoms with Gasteiger partial charge in [0.05, 0.1) is 25.4 Å². The molecule has 4 rings (SSSR count). The molecule has 0 bridgehead atoms. The number of phenols is 1. The van der Waals surface area contributed by atoms with Crippen LogP contribution in [0.25, 0.3) is 0 Å². The van der Waals surface area contributed by atoms with Crippen molar-refractivity contribution in [3.8, 4) is 11.5 Å². The van der Waals surface area contributed by atoms with Gasteiger partial charge in [0.15, 0.2) is 0 Å². The first kappa shape index (κ1) is 19.7. The zero-order valence-electron chi connectivity index (χ0n) is 16.6. The summed E-state index contributed by atoms with van der Waals surface area (Å²) in [5.74, 6) is -0.847. The van der Waals surface area contributed by atoms with Crippen LogP contribution in [0.2, 0.25) is 0 Å². The van der Waals surface area contributed by atoms with Crippen LogP contribution in [0.15, 0.2) is 67.3 Å². The lowest BCUT2D eigenvalue weighted by molar-refractivity contribution is -0.140. The number of ketones is 1. The summed E-state index contributed by atoms with van der Waals surface area (Å²) in [7, 11) is 1.59. The number of rotatable bonds is 7. The second-order valence-corrected chi connectivity index (χ2v) is 7.31. The lowest BCUT2D eigenvalue weighted by Gasteiger charge is -2.28. The molecule has 2 unspecified atom stereocenters. The summed E-state index contributed by atoms with van der Waals surface area (Å²) in [4.78, 5) is 31.6. The number of hydrogen-bond donors (Lipinski definition) is 1. The van der Waals surface area contributed by atoms with Crippen LogP contribution >= 0.6 is 0 Å². The van der Waals surface area contributed by atoms with Gasteiger partial charge in [-0.25, -0.2) is 4.98 Å². The summed E-state index contributed by atoms with van der Waals surface area (Å²) in [6, 6.07) is 13.5. The molecule has 1 amide bonds. The number of phenolic OH excluding ortho intramolecular Hbond substituents is 1. The Bertz CT molecular complexity index is 1030. The number of benzene rings is 2. The molecule has 2 aromatic carbocycles. The van der Waals surface area contributed by atoms with Gasteiger partial charge < -0.3 is 19.3 Å². The number of aromatic hydroxyl groups is 1. The molecule has 30 heavy (non-hydrogen) atoms. The zero-order chi connectivity index (χ0) is 21.1. The number of methoxy groups -OCH3 is 1. The summed E-state index contributed by atoms with van der Waals surface area (Å²) < 4.78 is 7.19. The first-order valence-electron chi connectivity index (χ1n) is 9.82. The van der Waals surface area contributed by atoms with Crippen LogP contribution < -0.4 is 4.74 Å². The number of carbonyl (C=O) groups is 2. The average Bonchev–Trinajstić information content (AvgIpc) is 3.36. The summed E-state index contributed by atoms with van der Waals surface area (Å²) in [5.41, 5.74) is 1.48. The Balaban J connectivity index is 1.67. The van der Waals surface area contributed by atoms with E-state index in [-0.39, 0.29) is 5.75 Å². The molecule has 0 aliphatic carbocycles. The van der Waals surface area contributed by atoms with Gasteiger partial charge in [-0.2, -0.15) is 0 Å². The SMILES string of the molecule is COc1ccc(C2C(c3cccc(O)c3)C(=O)C(=O)N2CCCn2ccnc2)cc1. The van der Waals surface area contributed by atoms with Crippen molar-refractivity contribution in [3.05, 3.63) is 78.4 Å². The number of imidazole rings is 1. The minimum atomic E-state index is -0.675. The molecule has 154 valence electrons. The molecule has 2 heterocycles. The minimum Gasteiger partial charge on any atom is -0.508 e. The highest BCUT2D eigenvalue weighted by Crippen LogP contribution is 2.43. The Hall–Kier alpha value is -3.61. The smallest absolute Gasteiger partial charge is 0.291 e. The maximum absolute atomic E-state index is 13.0. The number of aromatic nitrogens is 2. The van der Waals surface area contributed by atoms with E-state index in [1.165, 1.54) is 0 Å². The van der Waals surface area contributed by atoms with E-state index in [1.807, 2.05) is 35.0 Å². The van der Waals surface area contributed by atoms with Crippen LogP contribution in [-0.2, 0) is 16.1 Å². The predicted molar refractivity (Wildman–Crippen MR) is 110 cm³/mol. The molecule has 1 fully saturated rings. The van der Waals surface area contributed by atoms with Crippen LogP contribution in [0, 0.1) is 0 Å². The van der Waals surface area contributed by atoms with Crippen LogP contribution in [0.5, 0.6) is 11.5 Å². The maximum Gasteiger partial charge on any atom is 0.291 e. The summed E-state index contributed by atoms with van der Waals surface area (Å²) in [5, 5.41) is 9.93. The molecule has 0 radical (unpaired) electrons. The highest BCUT2D eigenvalue weighted by atomic mass is 16.5. The number of likely N-dealkylation sites (tertiary alicyclic amines) is 1. The molecule has 1 N–H and O–H groups in total. The molecule has 1 saturated heterocycles. The quantitative estimate of drug-likeness (QED) is 0.611. The molecular formula is C23H23N3O4. The first-order valence-corrected chi connectivity index (χ1v) is 9.82. The van der Waals surface area contributed by atoms with Gasteiger partial charge in [0.25, 0.3) is 5.91 Å². The molecule has 7 nitrogen and oxygen atoms in total. The Labute approximate surface area is 174 Å². The molecule has 2 atom stereocenters. The van der Waals surface area contributed by atoms with Gasteiger partial charge in [0.1, 0.15) is 11.5 Å². The minimum absolute atomic E-state index is 0.0692. The van der Waals surface area contributed by atoms with Crippen molar-refractivity contribution < 1.29 is 19.4 Å². The third kappa shape index (κ3) is 3.78. The van der Waals surface area contributed by atoms with Gasteiger partial charge >= 0.3 is 0 Å². The van der Waals surface area contributed by atoms with Crippen LogP contribution in [-0.4, -0.2) is 44.9 Å². The fraction of sp³-hybridized carbons (Fsp3) is 0.261. The second-order valence-electron chi connectivity index (χ2n) is 7.31. The van der Waals surface area contributed by atoms with E-state index in [9.17, 15) is 14.7 Å². The van der Waals surface area contributed by atoms with E-state index in [1.54, 1.807) is 48.8 Å². The molecular weight excluding hydrogens is 382 g/mol. The zero-order valence-corrected chi connectivity index (χ0v) is 16.6. The topological polar surface area (TPSA) is 84.7 Å². The van der Waals surface area contributed by atoms with Crippen LogP contribution in [0.1, 0.15) is 29.5 Å². The van der Waals surface area contributed by atoms with Crippen molar-refractivity contribution in [1.82, 2.24) is 14.5 Å². The highest BCUT2D eigenvalue weighted by Gasteiger charge is 2.48. The number of amides is 1. The molecule has 3 aromatic rings. The fourth-order valence-electron chi connectivity index (χ4n) is 4.03. The number of ether oxygens (including phenoxy) is 1. The number of nitrogens with zero attached hydrogens (tertiary/aromatic N) is 3. The van der Waals surface area contributed by atoms with E-state index in [4.69, 9.17) is 4.74 Å². The van der Waals surface area contributed by atoms with E-state index >= 15 is 0 Å². The molecule has 0 spiro atoms. The summed E-state index contributed by atoms with van der Waals surface area (Å²) in [6.45, 7) is 1.14. The Morgan fingerprint density at radius 3 is 2.53 bits per heavy atom. The van der Waals surface area contributed by atoms with Crippen molar-refractivity contribution in [3.63, 3.8) is 0 Å². The van der Waals surface area contributed by atoms with Crippen molar-refractivity contribution >= 4 is 11.7 Å². The van der Waals surface area contributed by atoms with Crippen molar-refractivity contribution in [2.24, 2.45) is 0 Å². The van der Waals surface area contributed by atoms with Gasteiger partial charge in [-0.05, 0) is 41.8 Å². The standard InChI is InChI=1S/C23H23N3O4/c1-30-19-8-6-16(7-9-19)21-20(17-4-2-5-18(27)14-17)22(28)23(29)26(21)12-3-11-25-13-10-24-15-25/h2,4-10,13-15,20-21,27H,3,11-12H2,1H3. The van der Waals surface area contributed by atoms with Gasteiger partial charge in [0.2, 0.25) is 5.78 Å². The van der Waals surface area contributed by atoms with Crippen LogP contribution in [0.4, 0.5) is 0 Å². The Morgan fingerprint density at radius 1 is 1.07 bits per heavy atom. The van der Waals surface area contributed by atoms with Crippen molar-refractivity contribution in [2.75, 3.05) is 13.7 Å². The first-order chi connectivity index (χ1) is 14.6. The van der Waals surface area contributed by atoms with E-state index in [2.05, 4.69) is 4.98 Å². The van der Waals surface area contributed by atoms with Crippen molar-refractivity contribution in [2.45, 2.75) is 24.9 Å². The van der Waals surface area contributed by atoms with E-state index < -0.39 is 23.7 Å². The highest BCUT2D eigenvalue weighted by molar-refractivity contribution is 6.40. The fourth-order valence-corrected chi connectivity index (χ4v) is 4.03. The Kier molecular flexibility index (Phi) is 5.52. The van der Waals surface area contributed by atoms with Crippen LogP contribution in [0.3, 0.4) is 0 Å². The normalized spacial score (nSPS) is 18.8. The number of carbonyl (C=O) groups excluding carboxylic acids is 2. The largest absolute Gasteiger partial charge is 0.508 e. The van der Waals surface area contributed by atoms with Gasteiger partial charge in [-0.3, -0.25) is 9.59 Å². The number of Topliss-reactive ketones (excluding diaryl/α,β-unsaturated/α-hetero) is 1. The molecule has 1 aromatic heterocycles. The van der Waals surface area contributed by atoms with Gasteiger partial charge in [-0.15, -0.1) is 0 Å².